The van der Waals surface area contributed by atoms with Gasteiger partial charge in [-0.3, -0.25) is 4.72 Å². The van der Waals surface area contributed by atoms with E-state index in [0.29, 0.717) is 0 Å². The Labute approximate surface area is 143 Å². The molecule has 0 radical (unpaired) electrons. The van der Waals surface area contributed by atoms with Gasteiger partial charge in [0.2, 0.25) is 0 Å². The van der Waals surface area contributed by atoms with Gasteiger partial charge in [-0.25, -0.2) is 22.0 Å². The summed E-state index contributed by atoms with van der Waals surface area (Å²) in [5.74, 6) is -2.38. The number of carbonyl (C=O) groups is 1. The van der Waals surface area contributed by atoms with Gasteiger partial charge in [0.05, 0.1) is 11.5 Å². The molecule has 2 aromatic rings. The minimum atomic E-state index is -4.19. The van der Waals surface area contributed by atoms with Crippen LogP contribution in [0.3, 0.4) is 0 Å². The lowest BCUT2D eigenvalue weighted by Crippen LogP contribution is -2.16. The van der Waals surface area contributed by atoms with E-state index in [1.807, 2.05) is 4.72 Å². The highest BCUT2D eigenvalue weighted by atomic mass is 32.2. The summed E-state index contributed by atoms with van der Waals surface area (Å²) in [7, 11) is -4.19. The zero-order valence-corrected chi connectivity index (χ0v) is 14.0. The van der Waals surface area contributed by atoms with Crippen LogP contribution in [0.1, 0.15) is 6.92 Å². The summed E-state index contributed by atoms with van der Waals surface area (Å²) >= 11 is 0. The molecule has 0 spiro atoms. The normalized spacial score (nSPS) is 11.0. The second kappa shape index (κ2) is 7.93. The quantitative estimate of drug-likeness (QED) is 0.757. The molecule has 1 N–H and O–H groups in total. The first-order chi connectivity index (χ1) is 11.8. The third-order valence-electron chi connectivity index (χ3n) is 3.00. The smallest absolute Gasteiger partial charge is 0.344 e. The standard InChI is InChI=1S/C16H15F2NO5S/c1-2-23-15(20)10-24-11-6-8-12(9-7-11)25(21,22)19-16-13(17)4-3-5-14(16)18/h3-9,19H,2,10H2,1H3. The van der Waals surface area contributed by atoms with Crippen molar-refractivity contribution < 1.29 is 31.5 Å². The van der Waals surface area contributed by atoms with Crippen molar-refractivity contribution in [2.45, 2.75) is 11.8 Å². The average molecular weight is 371 g/mol. The third kappa shape index (κ3) is 4.90. The van der Waals surface area contributed by atoms with Gasteiger partial charge >= 0.3 is 5.97 Å². The molecule has 0 aliphatic carbocycles. The molecule has 0 aromatic heterocycles. The van der Waals surface area contributed by atoms with Crippen LogP contribution in [-0.4, -0.2) is 27.6 Å². The van der Waals surface area contributed by atoms with Crippen molar-refractivity contribution >= 4 is 21.7 Å². The molecule has 0 fully saturated rings. The van der Waals surface area contributed by atoms with Gasteiger partial charge in [-0.1, -0.05) is 6.07 Å². The molecule has 0 unspecified atom stereocenters. The van der Waals surface area contributed by atoms with E-state index in [2.05, 4.69) is 4.74 Å². The van der Waals surface area contributed by atoms with Crippen LogP contribution in [0, 0.1) is 11.6 Å². The molecule has 2 aromatic carbocycles. The van der Waals surface area contributed by atoms with Crippen LogP contribution >= 0.6 is 0 Å². The Morgan fingerprint density at radius 1 is 1.08 bits per heavy atom. The van der Waals surface area contributed by atoms with Crippen molar-refractivity contribution in [3.63, 3.8) is 0 Å². The van der Waals surface area contributed by atoms with Gasteiger partial charge in [-0.05, 0) is 43.3 Å². The van der Waals surface area contributed by atoms with Crippen LogP contribution in [0.15, 0.2) is 47.4 Å². The van der Waals surface area contributed by atoms with Crippen LogP contribution in [0.25, 0.3) is 0 Å². The lowest BCUT2D eigenvalue weighted by Gasteiger charge is -2.10. The molecule has 0 amide bonds. The maximum atomic E-state index is 13.6. The molecule has 0 heterocycles. The van der Waals surface area contributed by atoms with Crippen LogP contribution in [0.4, 0.5) is 14.5 Å². The number of carbonyl (C=O) groups excluding carboxylic acids is 1. The maximum Gasteiger partial charge on any atom is 0.344 e. The van der Waals surface area contributed by atoms with Crippen LogP contribution < -0.4 is 9.46 Å². The Morgan fingerprint density at radius 3 is 2.24 bits per heavy atom. The van der Waals surface area contributed by atoms with E-state index in [0.717, 1.165) is 18.2 Å². The van der Waals surface area contributed by atoms with Crippen molar-refractivity contribution in [2.24, 2.45) is 0 Å². The van der Waals surface area contributed by atoms with Gasteiger partial charge < -0.3 is 9.47 Å². The van der Waals surface area contributed by atoms with E-state index in [4.69, 9.17) is 4.74 Å². The fourth-order valence-electron chi connectivity index (χ4n) is 1.85. The molecule has 0 bridgehead atoms. The number of esters is 1. The second-order valence-corrected chi connectivity index (χ2v) is 6.45. The van der Waals surface area contributed by atoms with Gasteiger partial charge in [-0.2, -0.15) is 0 Å². The zero-order chi connectivity index (χ0) is 18.4. The first-order valence-electron chi connectivity index (χ1n) is 7.19. The van der Waals surface area contributed by atoms with Crippen molar-refractivity contribution in [2.75, 3.05) is 17.9 Å². The molecule has 0 atom stereocenters. The molecule has 9 heteroatoms. The maximum absolute atomic E-state index is 13.6. The predicted molar refractivity (Wildman–Crippen MR) is 85.7 cm³/mol. The van der Waals surface area contributed by atoms with Crippen LogP contribution in [-0.2, 0) is 19.6 Å². The SMILES string of the molecule is CCOC(=O)COc1ccc(S(=O)(=O)Nc2c(F)cccc2F)cc1. The van der Waals surface area contributed by atoms with E-state index >= 15 is 0 Å². The number of rotatable bonds is 7. The largest absolute Gasteiger partial charge is 0.482 e. The number of hydrogen-bond acceptors (Lipinski definition) is 5. The van der Waals surface area contributed by atoms with Gasteiger partial charge in [0.25, 0.3) is 10.0 Å². The number of hydrogen-bond donors (Lipinski definition) is 1. The zero-order valence-electron chi connectivity index (χ0n) is 13.2. The van der Waals surface area contributed by atoms with E-state index in [1.54, 1.807) is 6.92 Å². The Kier molecular flexibility index (Phi) is 5.92. The van der Waals surface area contributed by atoms with E-state index in [-0.39, 0.29) is 23.9 Å². The Morgan fingerprint density at radius 2 is 1.68 bits per heavy atom. The van der Waals surface area contributed by atoms with Crippen molar-refractivity contribution in [1.82, 2.24) is 0 Å². The molecular weight excluding hydrogens is 356 g/mol. The number of benzene rings is 2. The summed E-state index contributed by atoms with van der Waals surface area (Å²) in [4.78, 5) is 11.0. The highest BCUT2D eigenvalue weighted by molar-refractivity contribution is 7.92. The van der Waals surface area contributed by atoms with Crippen LogP contribution in [0.5, 0.6) is 5.75 Å². The monoisotopic (exact) mass is 371 g/mol. The molecule has 6 nitrogen and oxygen atoms in total. The highest BCUT2D eigenvalue weighted by Crippen LogP contribution is 2.23. The summed E-state index contributed by atoms with van der Waals surface area (Å²) < 4.78 is 63.2. The molecule has 0 aliphatic rings. The van der Waals surface area contributed by atoms with Gasteiger partial charge in [0.15, 0.2) is 6.61 Å². The molecule has 2 rings (SSSR count). The number of sulfonamides is 1. The summed E-state index contributed by atoms with van der Waals surface area (Å²) in [6.07, 6.45) is 0. The Bertz CT molecular complexity index is 833. The Balaban J connectivity index is 2.11. The molecule has 0 aliphatic heterocycles. The highest BCUT2D eigenvalue weighted by Gasteiger charge is 2.19. The predicted octanol–water partition coefficient (Wildman–Crippen LogP) is 2.71. The fourth-order valence-corrected chi connectivity index (χ4v) is 2.92. The first-order valence-corrected chi connectivity index (χ1v) is 8.67. The van der Waals surface area contributed by atoms with Gasteiger partial charge in [0.1, 0.15) is 23.1 Å². The third-order valence-corrected chi connectivity index (χ3v) is 4.36. The van der Waals surface area contributed by atoms with Gasteiger partial charge in [0, 0.05) is 0 Å². The number of nitrogens with one attached hydrogen (secondary N) is 1. The average Bonchev–Trinajstić information content (AvgIpc) is 2.57. The summed E-state index contributed by atoms with van der Waals surface area (Å²) in [6.45, 7) is 1.55. The fraction of sp³-hybridized carbons (Fsp3) is 0.188. The lowest BCUT2D eigenvalue weighted by atomic mass is 10.3. The van der Waals surface area contributed by atoms with E-state index < -0.39 is 33.3 Å². The summed E-state index contributed by atoms with van der Waals surface area (Å²) in [5, 5.41) is 0. The van der Waals surface area contributed by atoms with Crippen LogP contribution in [0.2, 0.25) is 0 Å². The first kappa shape index (κ1) is 18.7. The summed E-state index contributed by atoms with van der Waals surface area (Å²) in [5.41, 5.74) is -0.759. The van der Waals surface area contributed by atoms with Crippen molar-refractivity contribution in [3.8, 4) is 5.75 Å². The topological polar surface area (TPSA) is 81.7 Å². The number of anilines is 1. The van der Waals surface area contributed by atoms with Crippen molar-refractivity contribution in [1.29, 1.82) is 0 Å². The van der Waals surface area contributed by atoms with E-state index in [1.165, 1.54) is 24.3 Å². The van der Waals surface area contributed by atoms with E-state index in [9.17, 15) is 22.0 Å². The molecular formula is C16H15F2NO5S. The number of halogens is 2. The number of para-hydroxylation sites is 1. The summed E-state index contributed by atoms with van der Waals surface area (Å²) in [6, 6.07) is 7.98. The second-order valence-electron chi connectivity index (χ2n) is 4.77. The molecule has 0 saturated heterocycles. The molecule has 25 heavy (non-hydrogen) atoms. The molecule has 0 saturated carbocycles. The lowest BCUT2D eigenvalue weighted by molar-refractivity contribution is -0.145. The van der Waals surface area contributed by atoms with Gasteiger partial charge in [-0.15, -0.1) is 0 Å². The van der Waals surface area contributed by atoms with Crippen molar-refractivity contribution in [3.05, 3.63) is 54.1 Å². The minimum Gasteiger partial charge on any atom is -0.482 e. The minimum absolute atomic E-state index is 0.220. The number of ether oxygens (including phenoxy) is 2. The molecule has 134 valence electrons. The Hall–Kier alpha value is -2.68.